The number of likely N-dealkylation sites (tertiary alicyclic amines) is 1. The standard InChI is InChI=1S/C29H38N4O6S/c1-6-19-14-29(19,17-31-40(36,37)21-11-12-21)32-25(34)24-13-20(16-33(24)27(35)39-28(3,4)5)38-26-23-10-8-7-9-22(23)18(2)15-30-26/h6-10,15,19-21,24,31H,1,11-14,16-17H2,2-5H3,(H,32,34)/t19-,20-,24+,29+/m1/s1. The highest BCUT2D eigenvalue weighted by Gasteiger charge is 2.56. The lowest BCUT2D eigenvalue weighted by Gasteiger charge is -2.29. The van der Waals surface area contributed by atoms with Crippen LogP contribution in [0.4, 0.5) is 4.79 Å². The molecule has 0 bridgehead atoms. The SMILES string of the molecule is C=C[C@@H]1C[C@@]1(CNS(=O)(=O)C1CC1)NC(=O)[C@@H]1C[C@@H](Oc2ncc(C)c3ccccc23)CN1C(=O)OC(C)(C)C. The summed E-state index contributed by atoms with van der Waals surface area (Å²) in [5, 5.41) is 4.57. The average molecular weight is 571 g/mol. The summed E-state index contributed by atoms with van der Waals surface area (Å²) < 4.78 is 39.5. The summed E-state index contributed by atoms with van der Waals surface area (Å²) in [5.74, 6) is -0.0187. The van der Waals surface area contributed by atoms with Crippen LogP contribution in [0.5, 0.6) is 5.88 Å². The average Bonchev–Trinajstić information content (AvgIpc) is 3.81. The van der Waals surface area contributed by atoms with Crippen LogP contribution >= 0.6 is 0 Å². The summed E-state index contributed by atoms with van der Waals surface area (Å²) in [6, 6.07) is 6.94. The van der Waals surface area contributed by atoms with Gasteiger partial charge in [0, 0.05) is 30.5 Å². The van der Waals surface area contributed by atoms with Gasteiger partial charge in [-0.3, -0.25) is 9.69 Å². The second-order valence-electron chi connectivity index (χ2n) is 12.2. The molecule has 2 N–H and O–H groups in total. The molecule has 2 aromatic rings. The molecule has 1 saturated heterocycles. The number of carbonyl (C=O) groups is 2. The number of hydrogen-bond acceptors (Lipinski definition) is 7. The number of sulfonamides is 1. The van der Waals surface area contributed by atoms with Crippen molar-refractivity contribution in [2.24, 2.45) is 5.92 Å². The summed E-state index contributed by atoms with van der Waals surface area (Å²) >= 11 is 0. The Morgan fingerprint density at radius 3 is 2.55 bits per heavy atom. The zero-order chi connectivity index (χ0) is 28.9. The molecule has 0 unspecified atom stereocenters. The van der Waals surface area contributed by atoms with E-state index in [2.05, 4.69) is 21.6 Å². The van der Waals surface area contributed by atoms with Crippen LogP contribution in [-0.2, 0) is 19.6 Å². The Bertz CT molecular complexity index is 1430. The molecule has 5 rings (SSSR count). The number of benzene rings is 1. The Kier molecular flexibility index (Phi) is 7.33. The molecule has 216 valence electrons. The molecule has 0 spiro atoms. The normalized spacial score (nSPS) is 26.4. The van der Waals surface area contributed by atoms with Gasteiger partial charge in [0.25, 0.3) is 0 Å². The maximum absolute atomic E-state index is 13.7. The van der Waals surface area contributed by atoms with E-state index >= 15 is 0 Å². The van der Waals surface area contributed by atoms with Gasteiger partial charge in [-0.05, 0) is 64.0 Å². The van der Waals surface area contributed by atoms with Crippen molar-refractivity contribution in [1.82, 2.24) is 19.9 Å². The lowest BCUT2D eigenvalue weighted by Crippen LogP contribution is -2.54. The number of ether oxygens (including phenoxy) is 2. The molecule has 2 saturated carbocycles. The predicted molar refractivity (Wildman–Crippen MR) is 151 cm³/mol. The van der Waals surface area contributed by atoms with E-state index in [-0.39, 0.29) is 36.6 Å². The van der Waals surface area contributed by atoms with Gasteiger partial charge in [-0.15, -0.1) is 6.58 Å². The van der Waals surface area contributed by atoms with E-state index in [1.807, 2.05) is 31.2 Å². The largest absolute Gasteiger partial charge is 0.472 e. The van der Waals surface area contributed by atoms with E-state index < -0.39 is 39.4 Å². The molecule has 11 heteroatoms. The third-order valence-electron chi connectivity index (χ3n) is 7.77. The molecule has 0 radical (unpaired) electrons. The van der Waals surface area contributed by atoms with Gasteiger partial charge < -0.3 is 14.8 Å². The fourth-order valence-corrected chi connectivity index (χ4v) is 6.75. The van der Waals surface area contributed by atoms with Crippen LogP contribution in [0.2, 0.25) is 0 Å². The molecule has 3 fully saturated rings. The first-order chi connectivity index (χ1) is 18.8. The van der Waals surface area contributed by atoms with E-state index in [1.54, 1.807) is 33.0 Å². The van der Waals surface area contributed by atoms with Crippen molar-refractivity contribution in [2.45, 2.75) is 81.9 Å². The number of pyridine rings is 1. The number of hydrogen-bond donors (Lipinski definition) is 2. The molecule has 2 heterocycles. The van der Waals surface area contributed by atoms with E-state index in [0.29, 0.717) is 25.1 Å². The van der Waals surface area contributed by atoms with Crippen molar-refractivity contribution in [2.75, 3.05) is 13.1 Å². The van der Waals surface area contributed by atoms with Crippen molar-refractivity contribution in [1.29, 1.82) is 0 Å². The van der Waals surface area contributed by atoms with Gasteiger partial charge in [-0.25, -0.2) is 22.9 Å². The van der Waals surface area contributed by atoms with Gasteiger partial charge in [-0.2, -0.15) is 0 Å². The van der Waals surface area contributed by atoms with Crippen LogP contribution in [0, 0.1) is 12.8 Å². The number of nitrogens with zero attached hydrogens (tertiary/aromatic N) is 2. The van der Waals surface area contributed by atoms with Crippen molar-refractivity contribution in [3.8, 4) is 5.88 Å². The smallest absolute Gasteiger partial charge is 0.411 e. The first kappa shape index (κ1) is 28.4. The Balaban J connectivity index is 1.35. The first-order valence-corrected chi connectivity index (χ1v) is 15.3. The van der Waals surface area contributed by atoms with Gasteiger partial charge in [0.05, 0.1) is 17.3 Å². The lowest BCUT2D eigenvalue weighted by atomic mass is 10.1. The highest BCUT2D eigenvalue weighted by atomic mass is 32.2. The molecule has 1 aliphatic heterocycles. The molecule has 1 aromatic heterocycles. The first-order valence-electron chi connectivity index (χ1n) is 13.8. The molecule has 40 heavy (non-hydrogen) atoms. The van der Waals surface area contributed by atoms with Crippen LogP contribution in [0.1, 0.15) is 52.0 Å². The monoisotopic (exact) mass is 570 g/mol. The topological polar surface area (TPSA) is 127 Å². The number of fused-ring (bicyclic) bond motifs is 1. The Morgan fingerprint density at radius 1 is 1.23 bits per heavy atom. The minimum Gasteiger partial charge on any atom is -0.472 e. The molecular weight excluding hydrogens is 532 g/mol. The highest BCUT2D eigenvalue weighted by Crippen LogP contribution is 2.45. The molecule has 10 nitrogen and oxygen atoms in total. The van der Waals surface area contributed by atoms with Crippen molar-refractivity contribution in [3.05, 3.63) is 48.7 Å². The predicted octanol–water partition coefficient (Wildman–Crippen LogP) is 3.44. The van der Waals surface area contributed by atoms with Crippen LogP contribution < -0.4 is 14.8 Å². The number of amides is 2. The van der Waals surface area contributed by atoms with E-state index in [1.165, 1.54) is 4.90 Å². The van der Waals surface area contributed by atoms with Crippen LogP contribution in [-0.4, -0.2) is 71.9 Å². The lowest BCUT2D eigenvalue weighted by molar-refractivity contribution is -0.126. The van der Waals surface area contributed by atoms with E-state index in [9.17, 15) is 18.0 Å². The number of rotatable bonds is 9. The second kappa shape index (κ2) is 10.3. The number of aryl methyl sites for hydroxylation is 1. The van der Waals surface area contributed by atoms with Crippen LogP contribution in [0.15, 0.2) is 43.1 Å². The zero-order valence-electron chi connectivity index (χ0n) is 23.5. The minimum atomic E-state index is -3.42. The summed E-state index contributed by atoms with van der Waals surface area (Å²) in [6.07, 6.45) is 4.47. The van der Waals surface area contributed by atoms with Crippen LogP contribution in [0.3, 0.4) is 0 Å². The number of aromatic nitrogens is 1. The molecule has 2 aliphatic carbocycles. The molecule has 4 atom stereocenters. The fraction of sp³-hybridized carbons (Fsp3) is 0.552. The maximum Gasteiger partial charge on any atom is 0.411 e. The third kappa shape index (κ3) is 5.95. The van der Waals surface area contributed by atoms with Gasteiger partial charge >= 0.3 is 6.09 Å². The van der Waals surface area contributed by atoms with Gasteiger partial charge in [-0.1, -0.05) is 24.3 Å². The summed E-state index contributed by atoms with van der Waals surface area (Å²) in [5.41, 5.74) is -0.516. The fourth-order valence-electron chi connectivity index (χ4n) is 5.30. The zero-order valence-corrected chi connectivity index (χ0v) is 24.3. The van der Waals surface area contributed by atoms with E-state index in [4.69, 9.17) is 9.47 Å². The van der Waals surface area contributed by atoms with Gasteiger partial charge in [0.2, 0.25) is 21.8 Å². The Hall–Kier alpha value is -3.18. The van der Waals surface area contributed by atoms with Crippen molar-refractivity contribution < 1.29 is 27.5 Å². The van der Waals surface area contributed by atoms with Gasteiger partial charge in [0.1, 0.15) is 17.7 Å². The number of nitrogens with one attached hydrogen (secondary N) is 2. The molecule has 2 amide bonds. The number of carbonyl (C=O) groups excluding carboxylic acids is 2. The molecule has 1 aromatic carbocycles. The maximum atomic E-state index is 13.7. The van der Waals surface area contributed by atoms with Crippen molar-refractivity contribution >= 4 is 32.8 Å². The van der Waals surface area contributed by atoms with Crippen molar-refractivity contribution in [3.63, 3.8) is 0 Å². The minimum absolute atomic E-state index is 0.0760. The Labute approximate surface area is 235 Å². The highest BCUT2D eigenvalue weighted by molar-refractivity contribution is 7.90. The van der Waals surface area contributed by atoms with Crippen LogP contribution in [0.25, 0.3) is 10.8 Å². The van der Waals surface area contributed by atoms with E-state index in [0.717, 1.165) is 16.3 Å². The quantitative estimate of drug-likeness (QED) is 0.442. The molecule has 3 aliphatic rings. The van der Waals surface area contributed by atoms with Gasteiger partial charge in [0.15, 0.2) is 0 Å². The summed E-state index contributed by atoms with van der Waals surface area (Å²) in [4.78, 5) is 32.8. The summed E-state index contributed by atoms with van der Waals surface area (Å²) in [6.45, 7) is 11.4. The Morgan fingerprint density at radius 2 is 1.93 bits per heavy atom. The third-order valence-corrected chi connectivity index (χ3v) is 9.67. The summed E-state index contributed by atoms with van der Waals surface area (Å²) in [7, 11) is -3.42. The molecular formula is C29H38N4O6S. The second-order valence-corrected chi connectivity index (χ2v) is 14.2.